The van der Waals surface area contributed by atoms with Gasteiger partial charge in [-0.15, -0.1) is 0 Å². The molecule has 0 aliphatic carbocycles. The Labute approximate surface area is 125 Å². The van der Waals surface area contributed by atoms with Crippen LogP contribution in [0.5, 0.6) is 0 Å². The summed E-state index contributed by atoms with van der Waals surface area (Å²) >= 11 is 0. The molecule has 0 aliphatic rings. The highest BCUT2D eigenvalue weighted by Gasteiger charge is 2.18. The summed E-state index contributed by atoms with van der Waals surface area (Å²) < 4.78 is 33.3. The second kappa shape index (κ2) is 7.02. The number of hydrogen-bond donors (Lipinski definition) is 1. The van der Waals surface area contributed by atoms with Crippen molar-refractivity contribution in [1.29, 1.82) is 0 Å². The van der Waals surface area contributed by atoms with Crippen molar-refractivity contribution in [2.24, 2.45) is 5.14 Å². The van der Waals surface area contributed by atoms with Crippen LogP contribution in [0.3, 0.4) is 0 Å². The average molecular weight is 315 g/mol. The molecule has 1 aromatic carbocycles. The summed E-state index contributed by atoms with van der Waals surface area (Å²) in [6.45, 7) is 7.50. The molecule has 0 heterocycles. The van der Waals surface area contributed by atoms with E-state index in [1.165, 1.54) is 6.07 Å². The molecule has 0 saturated carbocycles. The van der Waals surface area contributed by atoms with Gasteiger partial charge >= 0.3 is 5.97 Å². The van der Waals surface area contributed by atoms with Gasteiger partial charge in [0, 0.05) is 0 Å². The molecule has 0 aliphatic heterocycles. The minimum Gasteiger partial charge on any atom is -0.460 e. The van der Waals surface area contributed by atoms with Gasteiger partial charge in [-0.05, 0) is 51.0 Å². The topological polar surface area (TPSA) is 95.7 Å². The monoisotopic (exact) mass is 315 g/mol. The predicted molar refractivity (Wildman–Crippen MR) is 78.7 cm³/mol. The average Bonchev–Trinajstić information content (AvgIpc) is 2.35. The zero-order valence-corrected chi connectivity index (χ0v) is 13.5. The quantitative estimate of drug-likeness (QED) is 0.634. The van der Waals surface area contributed by atoms with E-state index in [2.05, 4.69) is 0 Å². The maximum atomic E-state index is 11.9. The third-order valence-corrected chi connectivity index (χ3v) is 3.97. The molecule has 0 aromatic heterocycles. The van der Waals surface area contributed by atoms with E-state index >= 15 is 0 Å². The first-order valence-electron chi connectivity index (χ1n) is 6.55. The summed E-state index contributed by atoms with van der Waals surface area (Å²) in [6.07, 6.45) is 0.0549. The normalized spacial score (nSPS) is 11.7. The summed E-state index contributed by atoms with van der Waals surface area (Å²) in [6, 6.07) is 2.82. The molecule has 0 saturated heterocycles. The highest BCUT2D eigenvalue weighted by Crippen LogP contribution is 2.20. The Hall–Kier alpha value is -1.44. The van der Waals surface area contributed by atoms with Gasteiger partial charge in [0.2, 0.25) is 10.0 Å². The van der Waals surface area contributed by atoms with Gasteiger partial charge in [0.25, 0.3) is 0 Å². The molecule has 0 bridgehead atoms. The molecule has 118 valence electrons. The van der Waals surface area contributed by atoms with Gasteiger partial charge in [0.15, 0.2) is 0 Å². The number of benzene rings is 1. The smallest absolute Gasteiger partial charge is 0.338 e. The molecule has 2 N–H and O–H groups in total. The summed E-state index contributed by atoms with van der Waals surface area (Å²) in [5, 5.41) is 5.15. The Morgan fingerprint density at radius 3 is 2.38 bits per heavy atom. The molecule has 0 radical (unpaired) electrons. The van der Waals surface area contributed by atoms with Gasteiger partial charge in [-0.25, -0.2) is 18.4 Å². The number of carbonyl (C=O) groups is 1. The fraction of sp³-hybridized carbons (Fsp3) is 0.500. The fourth-order valence-electron chi connectivity index (χ4n) is 1.74. The van der Waals surface area contributed by atoms with Crippen LogP contribution in [0, 0.1) is 13.8 Å². The van der Waals surface area contributed by atoms with E-state index in [1.54, 1.807) is 19.9 Å². The second-order valence-corrected chi connectivity index (χ2v) is 6.55. The van der Waals surface area contributed by atoms with E-state index < -0.39 is 16.0 Å². The summed E-state index contributed by atoms with van der Waals surface area (Å²) in [5.41, 5.74) is 1.34. The van der Waals surface area contributed by atoms with Gasteiger partial charge in [-0.2, -0.15) is 0 Å². The molecule has 0 atom stereocenters. The van der Waals surface area contributed by atoms with Crippen LogP contribution in [0.15, 0.2) is 17.0 Å². The third-order valence-electron chi connectivity index (χ3n) is 2.93. The number of nitrogens with two attached hydrogens (primary N) is 1. The first-order valence-corrected chi connectivity index (χ1v) is 8.10. The van der Waals surface area contributed by atoms with Crippen LogP contribution in [-0.2, 0) is 19.5 Å². The fourth-order valence-corrected chi connectivity index (χ4v) is 2.62. The van der Waals surface area contributed by atoms with Crippen molar-refractivity contribution in [2.75, 3.05) is 13.2 Å². The Morgan fingerprint density at radius 1 is 1.24 bits per heavy atom. The maximum absolute atomic E-state index is 11.9. The van der Waals surface area contributed by atoms with Crippen molar-refractivity contribution in [3.63, 3.8) is 0 Å². The number of ether oxygens (including phenoxy) is 2. The van der Waals surface area contributed by atoms with Gasteiger partial charge in [0.1, 0.15) is 6.61 Å². The van der Waals surface area contributed by atoms with Crippen LogP contribution in [0.4, 0.5) is 0 Å². The molecule has 1 aromatic rings. The Morgan fingerprint density at radius 2 is 1.86 bits per heavy atom. The van der Waals surface area contributed by atoms with Crippen molar-refractivity contribution in [1.82, 2.24) is 0 Å². The molecule has 1 rings (SSSR count). The minimum absolute atomic E-state index is 0.0549. The Kier molecular flexibility index (Phi) is 5.88. The number of primary sulfonamides is 1. The van der Waals surface area contributed by atoms with E-state index in [0.29, 0.717) is 11.1 Å². The van der Waals surface area contributed by atoms with Crippen LogP contribution in [0.25, 0.3) is 0 Å². The summed E-state index contributed by atoms with van der Waals surface area (Å²) in [5.74, 6) is -0.602. The Bertz CT molecular complexity index is 622. The first kappa shape index (κ1) is 17.6. The van der Waals surface area contributed by atoms with Gasteiger partial charge in [-0.1, -0.05) is 0 Å². The number of sulfonamides is 1. The SMILES string of the molecule is Cc1cc(C(=O)OCCOC(C)C)cc(S(N)(=O)=O)c1C. The molecule has 0 spiro atoms. The Balaban J connectivity index is 2.89. The zero-order chi connectivity index (χ0) is 16.2. The van der Waals surface area contributed by atoms with E-state index in [9.17, 15) is 13.2 Å². The van der Waals surface area contributed by atoms with Crippen LogP contribution in [0.2, 0.25) is 0 Å². The van der Waals surface area contributed by atoms with Crippen molar-refractivity contribution < 1.29 is 22.7 Å². The van der Waals surface area contributed by atoms with Gasteiger partial charge in [0.05, 0.1) is 23.2 Å². The molecular formula is C14H21NO5S. The van der Waals surface area contributed by atoms with Crippen molar-refractivity contribution in [3.8, 4) is 0 Å². The molecular weight excluding hydrogens is 294 g/mol. The highest BCUT2D eigenvalue weighted by atomic mass is 32.2. The third kappa shape index (κ3) is 5.11. The molecule has 0 amide bonds. The largest absolute Gasteiger partial charge is 0.460 e. The van der Waals surface area contributed by atoms with E-state index in [4.69, 9.17) is 14.6 Å². The first-order chi connectivity index (χ1) is 9.62. The van der Waals surface area contributed by atoms with Crippen LogP contribution in [0.1, 0.15) is 35.3 Å². The molecule has 6 nitrogen and oxygen atoms in total. The van der Waals surface area contributed by atoms with Crippen LogP contribution >= 0.6 is 0 Å². The summed E-state index contributed by atoms with van der Waals surface area (Å²) in [7, 11) is -3.88. The number of hydrogen-bond acceptors (Lipinski definition) is 5. The minimum atomic E-state index is -3.88. The number of carbonyl (C=O) groups excluding carboxylic acids is 1. The molecule has 21 heavy (non-hydrogen) atoms. The van der Waals surface area contributed by atoms with Crippen LogP contribution in [-0.4, -0.2) is 33.7 Å². The number of rotatable bonds is 6. The highest BCUT2D eigenvalue weighted by molar-refractivity contribution is 7.89. The second-order valence-electron chi connectivity index (χ2n) is 5.02. The lowest BCUT2D eigenvalue weighted by Gasteiger charge is -2.11. The maximum Gasteiger partial charge on any atom is 0.338 e. The number of esters is 1. The van der Waals surface area contributed by atoms with Gasteiger partial charge in [-0.3, -0.25) is 0 Å². The van der Waals surface area contributed by atoms with Crippen molar-refractivity contribution in [3.05, 3.63) is 28.8 Å². The lowest BCUT2D eigenvalue weighted by Crippen LogP contribution is -2.17. The molecule has 0 fully saturated rings. The summed E-state index contributed by atoms with van der Waals surface area (Å²) in [4.78, 5) is 11.9. The lowest BCUT2D eigenvalue weighted by molar-refractivity contribution is 0.0176. The zero-order valence-electron chi connectivity index (χ0n) is 12.7. The van der Waals surface area contributed by atoms with Crippen LogP contribution < -0.4 is 5.14 Å². The van der Waals surface area contributed by atoms with E-state index in [1.807, 2.05) is 13.8 Å². The standard InChI is InChI=1S/C14H21NO5S/c1-9(2)19-5-6-20-14(16)12-7-10(3)11(4)13(8-12)21(15,17)18/h7-9H,5-6H2,1-4H3,(H2,15,17,18). The molecule has 7 heteroatoms. The van der Waals surface area contributed by atoms with Crippen molar-refractivity contribution >= 4 is 16.0 Å². The molecule has 0 unspecified atom stereocenters. The van der Waals surface area contributed by atoms with Gasteiger partial charge < -0.3 is 9.47 Å². The van der Waals surface area contributed by atoms with E-state index in [0.717, 1.165) is 0 Å². The lowest BCUT2D eigenvalue weighted by atomic mass is 10.1. The number of aryl methyl sites for hydroxylation is 1. The van der Waals surface area contributed by atoms with E-state index in [-0.39, 0.29) is 29.8 Å². The van der Waals surface area contributed by atoms with Crippen molar-refractivity contribution in [2.45, 2.75) is 38.7 Å². The predicted octanol–water partition coefficient (Wildman–Crippen LogP) is 1.53.